The largest absolute Gasteiger partial charge is 0.466 e. The zero-order valence-electron chi connectivity index (χ0n) is 39.9. The normalized spacial score (nSPS) is 12.9. The Hall–Kier alpha value is -1.92. The minimum atomic E-state index is -0.866. The van der Waals surface area contributed by atoms with E-state index in [1.54, 1.807) is 6.08 Å². The second-order valence-electron chi connectivity index (χ2n) is 17.8. The number of ether oxygens (including phenoxy) is 1. The van der Waals surface area contributed by atoms with Crippen molar-refractivity contribution < 1.29 is 24.5 Å². The molecule has 0 aromatic rings. The number of allylic oxidation sites excluding steroid dienone is 5. The van der Waals surface area contributed by atoms with Gasteiger partial charge in [-0.15, -0.1) is 0 Å². The lowest BCUT2D eigenvalue weighted by atomic mass is 10.0. The van der Waals surface area contributed by atoms with Crippen molar-refractivity contribution in [2.45, 2.75) is 283 Å². The van der Waals surface area contributed by atoms with Crippen LogP contribution in [0.15, 0.2) is 36.5 Å². The van der Waals surface area contributed by atoms with Gasteiger partial charge in [0.25, 0.3) is 0 Å². The van der Waals surface area contributed by atoms with Gasteiger partial charge in [0, 0.05) is 12.8 Å². The fraction of sp³-hybridized carbons (Fsp3) is 0.852. The molecule has 0 aromatic heterocycles. The molecular formula is C54H101NO5. The van der Waals surface area contributed by atoms with Crippen molar-refractivity contribution >= 4 is 11.9 Å². The molecule has 6 nitrogen and oxygen atoms in total. The molecular weight excluding hydrogens is 743 g/mol. The number of amides is 1. The topological polar surface area (TPSA) is 95.9 Å². The Morgan fingerprint density at radius 1 is 0.450 bits per heavy atom. The highest BCUT2D eigenvalue weighted by atomic mass is 16.5. The number of aliphatic hydroxyl groups is 2. The Morgan fingerprint density at radius 3 is 1.18 bits per heavy atom. The maximum absolute atomic E-state index is 12.4. The van der Waals surface area contributed by atoms with Crippen LogP contribution in [-0.2, 0) is 14.3 Å². The van der Waals surface area contributed by atoms with Gasteiger partial charge in [0.05, 0.1) is 25.4 Å². The lowest BCUT2D eigenvalue weighted by molar-refractivity contribution is -0.143. The van der Waals surface area contributed by atoms with Crippen LogP contribution in [0.5, 0.6) is 0 Å². The molecule has 60 heavy (non-hydrogen) atoms. The second kappa shape index (κ2) is 49.7. The Morgan fingerprint density at radius 2 is 0.783 bits per heavy atom. The van der Waals surface area contributed by atoms with Crippen LogP contribution in [-0.4, -0.2) is 47.4 Å². The Labute approximate surface area is 373 Å². The van der Waals surface area contributed by atoms with Gasteiger partial charge in [0.2, 0.25) is 5.91 Å². The zero-order valence-corrected chi connectivity index (χ0v) is 39.9. The molecule has 2 atom stereocenters. The fourth-order valence-corrected chi connectivity index (χ4v) is 7.80. The molecule has 6 heteroatoms. The summed E-state index contributed by atoms with van der Waals surface area (Å²) >= 11 is 0. The number of hydrogen-bond acceptors (Lipinski definition) is 5. The highest BCUT2D eigenvalue weighted by Gasteiger charge is 2.18. The summed E-state index contributed by atoms with van der Waals surface area (Å²) in [6.07, 6.45) is 60.1. The first-order valence-electron chi connectivity index (χ1n) is 26.3. The summed E-state index contributed by atoms with van der Waals surface area (Å²) < 4.78 is 5.44. The monoisotopic (exact) mass is 844 g/mol. The zero-order chi connectivity index (χ0) is 43.7. The van der Waals surface area contributed by atoms with Gasteiger partial charge in [-0.2, -0.15) is 0 Å². The van der Waals surface area contributed by atoms with Crippen molar-refractivity contribution in [3.05, 3.63) is 36.5 Å². The molecule has 0 rings (SSSR count). The number of aliphatic hydroxyl groups excluding tert-OH is 2. The SMILES string of the molecule is CCCCCCCCC/C=C\CCCCCCCCCC(=O)OCCCC/C=C\CCCCCCC(=O)NC(CO)C(O)/C=C/CCCCCCCCCCCCCCC. The predicted molar refractivity (Wildman–Crippen MR) is 259 cm³/mol. The van der Waals surface area contributed by atoms with Gasteiger partial charge in [-0.25, -0.2) is 0 Å². The van der Waals surface area contributed by atoms with Crippen molar-refractivity contribution in [3.8, 4) is 0 Å². The van der Waals surface area contributed by atoms with Crippen LogP contribution >= 0.6 is 0 Å². The maximum Gasteiger partial charge on any atom is 0.305 e. The molecule has 0 aliphatic carbocycles. The standard InChI is InChI=1S/C54H101NO5/c1-3-5-7-9-11-13-15-17-19-20-21-23-25-27-32-36-40-44-48-54(59)60-49-45-41-37-33-29-28-31-35-39-43-47-53(58)55-51(50-56)52(57)46-42-38-34-30-26-24-22-18-16-14-12-10-8-6-4-2/h19-20,29,33,42,46,51-52,56-57H,3-18,21-28,30-32,34-41,43-45,47-50H2,1-2H3,(H,55,58)/b20-19-,33-29-,46-42+. The predicted octanol–water partition coefficient (Wildman–Crippen LogP) is 15.7. The van der Waals surface area contributed by atoms with E-state index < -0.39 is 12.1 Å². The van der Waals surface area contributed by atoms with Gasteiger partial charge < -0.3 is 20.3 Å². The molecule has 2 unspecified atom stereocenters. The molecule has 0 bridgehead atoms. The first-order chi connectivity index (χ1) is 29.5. The molecule has 3 N–H and O–H groups in total. The van der Waals surface area contributed by atoms with Crippen molar-refractivity contribution in [1.82, 2.24) is 5.32 Å². The summed E-state index contributed by atoms with van der Waals surface area (Å²) in [6.45, 7) is 4.81. The van der Waals surface area contributed by atoms with Crippen molar-refractivity contribution in [3.63, 3.8) is 0 Å². The molecule has 0 saturated heterocycles. The van der Waals surface area contributed by atoms with E-state index in [4.69, 9.17) is 4.74 Å². The van der Waals surface area contributed by atoms with E-state index in [-0.39, 0.29) is 18.5 Å². The number of hydrogen-bond donors (Lipinski definition) is 3. The first-order valence-corrected chi connectivity index (χ1v) is 26.3. The molecule has 0 aromatic carbocycles. The van der Waals surface area contributed by atoms with E-state index in [9.17, 15) is 19.8 Å². The Bertz CT molecular complexity index is 977. The van der Waals surface area contributed by atoms with E-state index >= 15 is 0 Å². The fourth-order valence-electron chi connectivity index (χ4n) is 7.80. The highest BCUT2D eigenvalue weighted by Crippen LogP contribution is 2.15. The van der Waals surface area contributed by atoms with Crippen molar-refractivity contribution in [2.24, 2.45) is 0 Å². The summed E-state index contributed by atoms with van der Waals surface area (Å²) in [5.74, 6) is -0.146. The van der Waals surface area contributed by atoms with Crippen molar-refractivity contribution in [2.75, 3.05) is 13.2 Å². The molecule has 0 aliphatic rings. The summed E-state index contributed by atoms with van der Waals surface area (Å²) in [7, 11) is 0. The number of carbonyl (C=O) groups excluding carboxylic acids is 2. The molecule has 0 saturated carbocycles. The summed E-state index contributed by atoms with van der Waals surface area (Å²) in [5, 5.41) is 23.0. The average Bonchev–Trinajstić information content (AvgIpc) is 3.25. The van der Waals surface area contributed by atoms with Crippen LogP contribution in [0.2, 0.25) is 0 Å². The van der Waals surface area contributed by atoms with E-state index in [2.05, 4.69) is 43.5 Å². The molecule has 0 fully saturated rings. The average molecular weight is 844 g/mol. The van der Waals surface area contributed by atoms with E-state index in [0.717, 1.165) is 77.0 Å². The summed E-state index contributed by atoms with van der Waals surface area (Å²) in [6, 6.07) is -0.653. The lowest BCUT2D eigenvalue weighted by Crippen LogP contribution is -2.45. The van der Waals surface area contributed by atoms with Crippen LogP contribution < -0.4 is 5.32 Å². The maximum atomic E-state index is 12.4. The Kier molecular flexibility index (Phi) is 48.1. The third-order valence-electron chi connectivity index (χ3n) is 11.9. The number of carbonyl (C=O) groups is 2. The number of esters is 1. The van der Waals surface area contributed by atoms with Gasteiger partial charge in [-0.3, -0.25) is 9.59 Å². The third kappa shape index (κ3) is 45.6. The minimum absolute atomic E-state index is 0.0418. The van der Waals surface area contributed by atoms with E-state index in [1.807, 2.05) is 6.08 Å². The van der Waals surface area contributed by atoms with Crippen LogP contribution in [0.3, 0.4) is 0 Å². The molecule has 1 amide bonds. The summed E-state index contributed by atoms with van der Waals surface area (Å²) in [4.78, 5) is 24.5. The van der Waals surface area contributed by atoms with Gasteiger partial charge in [0.1, 0.15) is 0 Å². The van der Waals surface area contributed by atoms with Crippen LogP contribution in [0, 0.1) is 0 Å². The first kappa shape index (κ1) is 58.1. The van der Waals surface area contributed by atoms with Gasteiger partial charge in [-0.05, 0) is 83.5 Å². The van der Waals surface area contributed by atoms with Gasteiger partial charge in [-0.1, -0.05) is 211 Å². The van der Waals surface area contributed by atoms with Gasteiger partial charge >= 0.3 is 5.97 Å². The van der Waals surface area contributed by atoms with Gasteiger partial charge in [0.15, 0.2) is 0 Å². The van der Waals surface area contributed by atoms with E-state index in [1.165, 1.54) is 167 Å². The molecule has 0 heterocycles. The third-order valence-corrected chi connectivity index (χ3v) is 11.9. The Balaban J connectivity index is 3.55. The quantitative estimate of drug-likeness (QED) is 0.0322. The molecule has 0 radical (unpaired) electrons. The van der Waals surface area contributed by atoms with Crippen LogP contribution in [0.25, 0.3) is 0 Å². The summed E-state index contributed by atoms with van der Waals surface area (Å²) in [5.41, 5.74) is 0. The number of unbranched alkanes of at least 4 members (excludes halogenated alkanes) is 33. The molecule has 0 aliphatic heterocycles. The second-order valence-corrected chi connectivity index (χ2v) is 17.8. The minimum Gasteiger partial charge on any atom is -0.466 e. The number of nitrogens with one attached hydrogen (secondary N) is 1. The smallest absolute Gasteiger partial charge is 0.305 e. The van der Waals surface area contributed by atoms with Crippen molar-refractivity contribution in [1.29, 1.82) is 0 Å². The highest BCUT2D eigenvalue weighted by molar-refractivity contribution is 5.76. The van der Waals surface area contributed by atoms with Crippen LogP contribution in [0.1, 0.15) is 271 Å². The van der Waals surface area contributed by atoms with E-state index in [0.29, 0.717) is 19.4 Å². The lowest BCUT2D eigenvalue weighted by Gasteiger charge is -2.20. The molecule has 352 valence electrons. The molecule has 0 spiro atoms. The number of rotatable bonds is 48. The van der Waals surface area contributed by atoms with Crippen LogP contribution in [0.4, 0.5) is 0 Å².